The minimum absolute atomic E-state index is 0.135. The summed E-state index contributed by atoms with van der Waals surface area (Å²) in [4.78, 5) is 22.8. The predicted octanol–water partition coefficient (Wildman–Crippen LogP) is 2.45. The average Bonchev–Trinajstić information content (AvgIpc) is 2.57. The van der Waals surface area contributed by atoms with Crippen LogP contribution in [0.3, 0.4) is 0 Å². The Morgan fingerprint density at radius 3 is 2.68 bits per heavy atom. The molecule has 140 valence electrons. The second-order valence-electron chi connectivity index (χ2n) is 5.99. The summed E-state index contributed by atoms with van der Waals surface area (Å²) in [5, 5.41) is 16.9. The summed E-state index contributed by atoms with van der Waals surface area (Å²) in [6, 6.07) is 4.38. The van der Waals surface area contributed by atoms with E-state index in [2.05, 4.69) is 24.5 Å². The fraction of sp³-hybridized carbons (Fsp3) is 0.588. The Balaban J connectivity index is 2.55. The van der Waals surface area contributed by atoms with Crippen LogP contribution in [0, 0.1) is 16.0 Å². The Kier molecular flexibility index (Phi) is 9.49. The van der Waals surface area contributed by atoms with Gasteiger partial charge in [0, 0.05) is 45.0 Å². The molecule has 0 heterocycles. The van der Waals surface area contributed by atoms with Crippen molar-refractivity contribution in [3.63, 3.8) is 0 Å². The van der Waals surface area contributed by atoms with Crippen LogP contribution in [0.15, 0.2) is 18.2 Å². The van der Waals surface area contributed by atoms with Crippen molar-refractivity contribution in [3.8, 4) is 0 Å². The quantitative estimate of drug-likeness (QED) is 0.340. The van der Waals surface area contributed by atoms with Crippen LogP contribution < -0.4 is 10.6 Å². The van der Waals surface area contributed by atoms with E-state index in [9.17, 15) is 14.9 Å². The van der Waals surface area contributed by atoms with Gasteiger partial charge in [-0.15, -0.1) is 0 Å². The third kappa shape index (κ3) is 7.95. The van der Waals surface area contributed by atoms with Crippen molar-refractivity contribution >= 4 is 17.3 Å². The Bertz CT molecular complexity index is 563. The van der Waals surface area contributed by atoms with E-state index in [0.717, 1.165) is 0 Å². The standard InChI is InChI=1S/C17H27N3O5/c1-13(2)12-25-9-4-7-19-17(21)14-5-6-15(18-8-10-24-3)16(11-14)20(22)23/h5-6,11,13,18H,4,7-10,12H2,1-3H3,(H,19,21). The molecule has 25 heavy (non-hydrogen) atoms. The molecule has 0 aliphatic carbocycles. The number of nitrogens with one attached hydrogen (secondary N) is 2. The van der Waals surface area contributed by atoms with E-state index in [1.54, 1.807) is 13.2 Å². The van der Waals surface area contributed by atoms with Crippen LogP contribution in [-0.4, -0.2) is 50.9 Å². The molecule has 1 amide bonds. The lowest BCUT2D eigenvalue weighted by molar-refractivity contribution is -0.384. The molecule has 0 saturated heterocycles. The number of hydrogen-bond acceptors (Lipinski definition) is 6. The van der Waals surface area contributed by atoms with E-state index < -0.39 is 4.92 Å². The largest absolute Gasteiger partial charge is 0.383 e. The lowest BCUT2D eigenvalue weighted by atomic mass is 10.1. The molecule has 0 radical (unpaired) electrons. The number of ether oxygens (including phenoxy) is 2. The Hall–Kier alpha value is -2.19. The average molecular weight is 353 g/mol. The Morgan fingerprint density at radius 2 is 2.04 bits per heavy atom. The van der Waals surface area contributed by atoms with Crippen molar-refractivity contribution in [1.29, 1.82) is 0 Å². The van der Waals surface area contributed by atoms with Gasteiger partial charge in [0.1, 0.15) is 5.69 Å². The number of carbonyl (C=O) groups excluding carboxylic acids is 1. The van der Waals surface area contributed by atoms with Gasteiger partial charge in [-0.3, -0.25) is 14.9 Å². The molecule has 1 aromatic rings. The minimum atomic E-state index is -0.508. The topological polar surface area (TPSA) is 103 Å². The van der Waals surface area contributed by atoms with Gasteiger partial charge < -0.3 is 20.1 Å². The molecule has 0 saturated carbocycles. The SMILES string of the molecule is COCCNc1ccc(C(=O)NCCCOCC(C)C)cc1[N+](=O)[O-]. The highest BCUT2D eigenvalue weighted by Crippen LogP contribution is 2.25. The summed E-state index contributed by atoms with van der Waals surface area (Å²) in [6.45, 7) is 6.74. The van der Waals surface area contributed by atoms with E-state index >= 15 is 0 Å². The van der Waals surface area contributed by atoms with E-state index in [1.165, 1.54) is 12.1 Å². The molecule has 0 bridgehead atoms. The number of nitro benzene ring substituents is 1. The summed E-state index contributed by atoms with van der Waals surface area (Å²) in [6.07, 6.45) is 0.692. The van der Waals surface area contributed by atoms with E-state index in [1.807, 2.05) is 0 Å². The number of hydrogen-bond donors (Lipinski definition) is 2. The normalized spacial score (nSPS) is 10.7. The van der Waals surface area contributed by atoms with Crippen molar-refractivity contribution in [2.45, 2.75) is 20.3 Å². The van der Waals surface area contributed by atoms with Gasteiger partial charge in [-0.25, -0.2) is 0 Å². The lowest BCUT2D eigenvalue weighted by Gasteiger charge is -2.09. The van der Waals surface area contributed by atoms with Crippen LogP contribution in [0.25, 0.3) is 0 Å². The van der Waals surface area contributed by atoms with Crippen LogP contribution in [0.1, 0.15) is 30.6 Å². The van der Waals surface area contributed by atoms with Crippen LogP contribution in [0.2, 0.25) is 0 Å². The Morgan fingerprint density at radius 1 is 1.28 bits per heavy atom. The maximum atomic E-state index is 12.1. The van der Waals surface area contributed by atoms with Crippen molar-refractivity contribution in [3.05, 3.63) is 33.9 Å². The highest BCUT2D eigenvalue weighted by molar-refractivity contribution is 5.95. The number of rotatable bonds is 12. The molecule has 0 fully saturated rings. The molecular formula is C17H27N3O5. The third-order valence-electron chi connectivity index (χ3n) is 3.28. The first kappa shape index (κ1) is 20.9. The molecule has 0 aromatic heterocycles. The molecule has 8 nitrogen and oxygen atoms in total. The molecule has 8 heteroatoms. The van der Waals surface area contributed by atoms with Crippen molar-refractivity contribution < 1.29 is 19.2 Å². The van der Waals surface area contributed by atoms with Gasteiger partial charge in [0.05, 0.1) is 11.5 Å². The zero-order valence-corrected chi connectivity index (χ0v) is 15.0. The molecule has 0 atom stereocenters. The third-order valence-corrected chi connectivity index (χ3v) is 3.28. The van der Waals surface area contributed by atoms with Gasteiger partial charge >= 0.3 is 0 Å². The second-order valence-corrected chi connectivity index (χ2v) is 5.99. The van der Waals surface area contributed by atoms with Crippen molar-refractivity contribution in [1.82, 2.24) is 5.32 Å². The smallest absolute Gasteiger partial charge is 0.293 e. The molecule has 0 spiro atoms. The lowest BCUT2D eigenvalue weighted by Crippen LogP contribution is -2.25. The number of benzene rings is 1. The summed E-state index contributed by atoms with van der Waals surface area (Å²) >= 11 is 0. The van der Waals surface area contributed by atoms with E-state index in [0.29, 0.717) is 50.9 Å². The van der Waals surface area contributed by atoms with Crippen LogP contribution >= 0.6 is 0 Å². The number of nitro groups is 1. The molecule has 1 aromatic carbocycles. The predicted molar refractivity (Wildman–Crippen MR) is 96.1 cm³/mol. The van der Waals surface area contributed by atoms with Crippen molar-refractivity contribution in [2.75, 3.05) is 45.3 Å². The molecule has 0 aliphatic heterocycles. The molecule has 1 rings (SSSR count). The Labute approximate surface area is 148 Å². The summed E-state index contributed by atoms with van der Waals surface area (Å²) in [7, 11) is 1.55. The number of methoxy groups -OCH3 is 1. The first-order valence-electron chi connectivity index (χ1n) is 8.33. The fourth-order valence-corrected chi connectivity index (χ4v) is 2.06. The molecule has 0 aliphatic rings. The fourth-order valence-electron chi connectivity index (χ4n) is 2.06. The zero-order chi connectivity index (χ0) is 18.7. The summed E-state index contributed by atoms with van der Waals surface area (Å²) < 4.78 is 10.3. The van der Waals surface area contributed by atoms with Crippen LogP contribution in [-0.2, 0) is 9.47 Å². The van der Waals surface area contributed by atoms with Gasteiger partial charge in [0.2, 0.25) is 0 Å². The summed E-state index contributed by atoms with van der Waals surface area (Å²) in [5.41, 5.74) is 0.483. The first-order chi connectivity index (χ1) is 12.0. The highest BCUT2D eigenvalue weighted by Gasteiger charge is 2.17. The second kappa shape index (κ2) is 11.4. The van der Waals surface area contributed by atoms with Crippen LogP contribution in [0.4, 0.5) is 11.4 Å². The van der Waals surface area contributed by atoms with Gasteiger partial charge in [-0.2, -0.15) is 0 Å². The van der Waals surface area contributed by atoms with Gasteiger partial charge in [0.25, 0.3) is 11.6 Å². The number of anilines is 1. The highest BCUT2D eigenvalue weighted by atomic mass is 16.6. The maximum Gasteiger partial charge on any atom is 0.293 e. The molecular weight excluding hydrogens is 326 g/mol. The van der Waals surface area contributed by atoms with E-state index in [-0.39, 0.29) is 17.2 Å². The van der Waals surface area contributed by atoms with Crippen LogP contribution in [0.5, 0.6) is 0 Å². The van der Waals surface area contributed by atoms with E-state index in [4.69, 9.17) is 9.47 Å². The van der Waals surface area contributed by atoms with Gasteiger partial charge in [-0.1, -0.05) is 13.8 Å². The van der Waals surface area contributed by atoms with Gasteiger partial charge in [0.15, 0.2) is 0 Å². The maximum absolute atomic E-state index is 12.1. The number of amides is 1. The first-order valence-corrected chi connectivity index (χ1v) is 8.33. The van der Waals surface area contributed by atoms with Crippen molar-refractivity contribution in [2.24, 2.45) is 5.92 Å². The number of nitrogens with zero attached hydrogens (tertiary/aromatic N) is 1. The monoisotopic (exact) mass is 353 g/mol. The van der Waals surface area contributed by atoms with Gasteiger partial charge in [-0.05, 0) is 24.5 Å². The molecule has 2 N–H and O–H groups in total. The summed E-state index contributed by atoms with van der Waals surface area (Å²) in [5.74, 6) is 0.140. The zero-order valence-electron chi connectivity index (χ0n) is 15.0. The number of carbonyl (C=O) groups is 1. The molecule has 0 unspecified atom stereocenters. The minimum Gasteiger partial charge on any atom is -0.383 e.